The number of imidazole rings is 1. The van der Waals surface area contributed by atoms with Crippen LogP contribution in [0.4, 0.5) is 11.9 Å². The van der Waals surface area contributed by atoms with Crippen LogP contribution >= 0.6 is 0 Å². The summed E-state index contributed by atoms with van der Waals surface area (Å²) in [6.07, 6.45) is 6.17. The van der Waals surface area contributed by atoms with E-state index in [1.807, 2.05) is 30.5 Å². The van der Waals surface area contributed by atoms with E-state index in [1.54, 1.807) is 12.5 Å². The quantitative estimate of drug-likeness (QED) is 0.506. The van der Waals surface area contributed by atoms with Crippen molar-refractivity contribution in [2.45, 2.75) is 6.42 Å². The molecule has 0 radical (unpaired) electrons. The predicted octanol–water partition coefficient (Wildman–Crippen LogP) is 2.30. The van der Waals surface area contributed by atoms with E-state index in [4.69, 9.17) is 14.7 Å². The number of hydrogen-bond acceptors (Lipinski definition) is 8. The molecule has 0 aliphatic carbocycles. The second-order valence-electron chi connectivity index (χ2n) is 7.02. The number of hydrogen-bond donors (Lipinski definition) is 2. The topological polar surface area (TPSA) is 105 Å². The number of morpholine rings is 1. The Morgan fingerprint density at radius 2 is 2.00 bits per heavy atom. The van der Waals surface area contributed by atoms with Crippen LogP contribution in [-0.4, -0.2) is 62.8 Å². The SMILES string of the molecule is c1cncc(CCNc2nc(-c3cccc4[nH]cnc34)nc(N3CCOCC3)n2)c1. The maximum atomic E-state index is 5.48. The number of para-hydroxylation sites is 1. The highest BCUT2D eigenvalue weighted by atomic mass is 16.5. The third kappa shape index (κ3) is 3.92. The van der Waals surface area contributed by atoms with E-state index in [2.05, 4.69) is 36.2 Å². The van der Waals surface area contributed by atoms with Gasteiger partial charge >= 0.3 is 0 Å². The average Bonchev–Trinajstić information content (AvgIpc) is 3.29. The highest BCUT2D eigenvalue weighted by Crippen LogP contribution is 2.26. The first-order chi connectivity index (χ1) is 14.9. The van der Waals surface area contributed by atoms with Crippen molar-refractivity contribution in [1.29, 1.82) is 0 Å². The molecule has 9 heteroatoms. The summed E-state index contributed by atoms with van der Waals surface area (Å²) in [4.78, 5) is 28.0. The fraction of sp³-hybridized carbons (Fsp3) is 0.286. The molecule has 30 heavy (non-hydrogen) atoms. The number of fused-ring (bicyclic) bond motifs is 1. The standard InChI is InChI=1S/C21H22N8O/c1-4-16(18-17(5-1)24-14-25-18)19-26-20(23-8-6-15-3-2-7-22-13-15)28-21(27-19)29-9-11-30-12-10-29/h1-5,7,13-14H,6,8-12H2,(H,24,25)(H,23,26,27,28). The Bertz CT molecular complexity index is 1120. The van der Waals surface area contributed by atoms with E-state index >= 15 is 0 Å². The van der Waals surface area contributed by atoms with Gasteiger partial charge in [-0.3, -0.25) is 4.98 Å². The molecule has 9 nitrogen and oxygen atoms in total. The van der Waals surface area contributed by atoms with Crippen LogP contribution < -0.4 is 10.2 Å². The van der Waals surface area contributed by atoms with Crippen LogP contribution in [0, 0.1) is 0 Å². The molecule has 0 unspecified atom stereocenters. The van der Waals surface area contributed by atoms with Gasteiger partial charge < -0.3 is 19.9 Å². The molecule has 1 fully saturated rings. The minimum atomic E-state index is 0.554. The maximum Gasteiger partial charge on any atom is 0.230 e. The lowest BCUT2D eigenvalue weighted by molar-refractivity contribution is 0.122. The van der Waals surface area contributed by atoms with Crippen molar-refractivity contribution in [2.75, 3.05) is 43.1 Å². The Hall–Kier alpha value is -3.59. The minimum absolute atomic E-state index is 0.554. The fourth-order valence-corrected chi connectivity index (χ4v) is 3.48. The summed E-state index contributed by atoms with van der Waals surface area (Å²) >= 11 is 0. The molecule has 0 spiro atoms. The van der Waals surface area contributed by atoms with Gasteiger partial charge in [0.2, 0.25) is 11.9 Å². The molecule has 2 N–H and O–H groups in total. The molecular weight excluding hydrogens is 380 g/mol. The van der Waals surface area contributed by atoms with Gasteiger partial charge in [0.25, 0.3) is 0 Å². The van der Waals surface area contributed by atoms with Crippen LogP contribution in [0.15, 0.2) is 49.1 Å². The van der Waals surface area contributed by atoms with Gasteiger partial charge in [0.1, 0.15) is 0 Å². The third-order valence-electron chi connectivity index (χ3n) is 5.03. The van der Waals surface area contributed by atoms with Crippen LogP contribution in [0.3, 0.4) is 0 Å². The van der Waals surface area contributed by atoms with Gasteiger partial charge in [-0.1, -0.05) is 12.1 Å². The van der Waals surface area contributed by atoms with E-state index < -0.39 is 0 Å². The molecule has 1 aromatic carbocycles. The zero-order chi connectivity index (χ0) is 20.2. The molecular formula is C21H22N8O. The molecule has 152 valence electrons. The second-order valence-corrected chi connectivity index (χ2v) is 7.02. The van der Waals surface area contributed by atoms with E-state index in [-0.39, 0.29) is 0 Å². The fourth-order valence-electron chi connectivity index (χ4n) is 3.48. The normalized spacial score (nSPS) is 14.2. The zero-order valence-corrected chi connectivity index (χ0v) is 16.5. The van der Waals surface area contributed by atoms with E-state index in [0.717, 1.165) is 41.7 Å². The molecule has 1 aliphatic rings. The number of nitrogens with one attached hydrogen (secondary N) is 2. The molecule has 0 bridgehead atoms. The molecule has 0 saturated carbocycles. The molecule has 1 aliphatic heterocycles. The van der Waals surface area contributed by atoms with Crippen LogP contribution in [-0.2, 0) is 11.2 Å². The van der Waals surface area contributed by atoms with Crippen molar-refractivity contribution < 1.29 is 4.74 Å². The van der Waals surface area contributed by atoms with Gasteiger partial charge in [-0.05, 0) is 30.2 Å². The van der Waals surface area contributed by atoms with Gasteiger partial charge in [0.15, 0.2) is 5.82 Å². The van der Waals surface area contributed by atoms with Crippen molar-refractivity contribution in [3.63, 3.8) is 0 Å². The first-order valence-electron chi connectivity index (χ1n) is 10.0. The molecule has 5 rings (SSSR count). The molecule has 0 amide bonds. The van der Waals surface area contributed by atoms with E-state index in [1.165, 1.54) is 0 Å². The van der Waals surface area contributed by atoms with Crippen LogP contribution in [0.1, 0.15) is 5.56 Å². The summed E-state index contributed by atoms with van der Waals surface area (Å²) < 4.78 is 5.48. The van der Waals surface area contributed by atoms with E-state index in [0.29, 0.717) is 37.5 Å². The number of aromatic nitrogens is 6. The van der Waals surface area contributed by atoms with Crippen molar-refractivity contribution >= 4 is 22.9 Å². The van der Waals surface area contributed by atoms with Crippen molar-refractivity contribution in [3.8, 4) is 11.4 Å². The highest BCUT2D eigenvalue weighted by molar-refractivity contribution is 5.89. The van der Waals surface area contributed by atoms with Crippen molar-refractivity contribution in [2.24, 2.45) is 0 Å². The first-order valence-corrected chi connectivity index (χ1v) is 10.0. The summed E-state index contributed by atoms with van der Waals surface area (Å²) in [5.74, 6) is 1.81. The summed E-state index contributed by atoms with van der Waals surface area (Å²) in [5, 5.41) is 3.35. The van der Waals surface area contributed by atoms with Crippen molar-refractivity contribution in [3.05, 3.63) is 54.6 Å². The summed E-state index contributed by atoms with van der Waals surface area (Å²) in [6.45, 7) is 3.54. The summed E-state index contributed by atoms with van der Waals surface area (Å²) in [6, 6.07) is 9.95. The number of nitrogens with zero attached hydrogens (tertiary/aromatic N) is 6. The third-order valence-corrected chi connectivity index (χ3v) is 5.03. The van der Waals surface area contributed by atoms with Crippen molar-refractivity contribution in [1.82, 2.24) is 29.9 Å². The predicted molar refractivity (Wildman–Crippen MR) is 114 cm³/mol. The Morgan fingerprint density at radius 3 is 2.87 bits per heavy atom. The van der Waals surface area contributed by atoms with Gasteiger partial charge in [0, 0.05) is 37.6 Å². The lowest BCUT2D eigenvalue weighted by Crippen LogP contribution is -2.37. The smallest absolute Gasteiger partial charge is 0.230 e. The van der Waals surface area contributed by atoms with Gasteiger partial charge in [-0.15, -0.1) is 0 Å². The number of pyridine rings is 1. The Labute approximate surface area is 173 Å². The lowest BCUT2D eigenvalue weighted by Gasteiger charge is -2.27. The molecule has 3 aromatic heterocycles. The largest absolute Gasteiger partial charge is 0.378 e. The Kier molecular flexibility index (Phi) is 5.17. The second kappa shape index (κ2) is 8.42. The highest BCUT2D eigenvalue weighted by Gasteiger charge is 2.18. The molecule has 4 aromatic rings. The average molecular weight is 402 g/mol. The molecule has 0 atom stereocenters. The summed E-state index contributed by atoms with van der Waals surface area (Å²) in [7, 11) is 0. The number of anilines is 2. The molecule has 1 saturated heterocycles. The van der Waals surface area contributed by atoms with E-state index in [9.17, 15) is 0 Å². The zero-order valence-electron chi connectivity index (χ0n) is 16.5. The number of H-pyrrole nitrogens is 1. The Balaban J connectivity index is 1.46. The van der Waals surface area contributed by atoms with Gasteiger partial charge in [0.05, 0.1) is 30.6 Å². The number of rotatable bonds is 6. The Morgan fingerprint density at radius 1 is 1.07 bits per heavy atom. The number of ether oxygens (including phenoxy) is 1. The monoisotopic (exact) mass is 402 g/mol. The summed E-state index contributed by atoms with van der Waals surface area (Å²) in [5.41, 5.74) is 3.83. The van der Waals surface area contributed by atoms with Crippen LogP contribution in [0.25, 0.3) is 22.4 Å². The minimum Gasteiger partial charge on any atom is -0.378 e. The first kappa shape index (κ1) is 18.4. The number of aromatic amines is 1. The van der Waals surface area contributed by atoms with Gasteiger partial charge in [-0.25, -0.2) is 4.98 Å². The van der Waals surface area contributed by atoms with Gasteiger partial charge in [-0.2, -0.15) is 15.0 Å². The maximum absolute atomic E-state index is 5.48. The lowest BCUT2D eigenvalue weighted by atomic mass is 10.1. The van der Waals surface area contributed by atoms with Crippen LogP contribution in [0.2, 0.25) is 0 Å². The molecule has 4 heterocycles. The van der Waals surface area contributed by atoms with Crippen LogP contribution in [0.5, 0.6) is 0 Å². The number of benzene rings is 1.